The molecule has 3 heteroatoms. The van der Waals surface area contributed by atoms with Gasteiger partial charge in [-0.25, -0.2) is 0 Å². The van der Waals surface area contributed by atoms with Gasteiger partial charge in [-0.1, -0.05) is 66.4 Å². The molecule has 0 bridgehead atoms. The van der Waals surface area contributed by atoms with Crippen molar-refractivity contribution in [2.24, 2.45) is 0 Å². The molecule has 0 aromatic heterocycles. The quantitative estimate of drug-likeness (QED) is 0.636. The molecule has 1 amide bonds. The van der Waals surface area contributed by atoms with E-state index in [2.05, 4.69) is 37.0 Å². The third-order valence-corrected chi connectivity index (χ3v) is 3.90. The summed E-state index contributed by atoms with van der Waals surface area (Å²) in [7, 11) is 0. The van der Waals surface area contributed by atoms with E-state index in [-0.39, 0.29) is 5.91 Å². The van der Waals surface area contributed by atoms with Crippen molar-refractivity contribution in [3.63, 3.8) is 0 Å². The Labute approximate surface area is 135 Å². The number of carbonyl (C=O) groups excluding carboxylic acids is 1. The maximum absolute atomic E-state index is 11.9. The van der Waals surface area contributed by atoms with Crippen LogP contribution in [0.4, 0.5) is 0 Å². The molecule has 0 fully saturated rings. The minimum Gasteiger partial charge on any atom is -0.321 e. The van der Waals surface area contributed by atoms with E-state index in [1.54, 1.807) is 18.7 Å². The third-order valence-electron chi connectivity index (χ3n) is 3.02. The summed E-state index contributed by atoms with van der Waals surface area (Å²) in [5.74, 6) is -0.167. The second-order valence-corrected chi connectivity index (χ2v) is 6.01. The summed E-state index contributed by atoms with van der Waals surface area (Å²) < 4.78 is 0. The predicted octanol–water partition coefficient (Wildman–Crippen LogP) is 4.78. The number of hydrogen-bond acceptors (Lipinski definition) is 2. The first-order valence-corrected chi connectivity index (χ1v) is 7.90. The Balaban J connectivity index is 2.25. The van der Waals surface area contributed by atoms with Gasteiger partial charge in [0.2, 0.25) is 0 Å². The van der Waals surface area contributed by atoms with Crippen molar-refractivity contribution in [1.82, 2.24) is 5.32 Å². The highest BCUT2D eigenvalue weighted by atomic mass is 32.2. The standard InChI is InChI=1S/C19H19NOS/c1-14(2)19(21)20-18(16-9-5-4-6-10-16)13-22-17-11-7-8-15(3)12-17/h4-13H,1H2,2-3H3,(H,20,21). The highest BCUT2D eigenvalue weighted by molar-refractivity contribution is 8.02. The fourth-order valence-electron chi connectivity index (χ4n) is 1.83. The molecule has 112 valence electrons. The Hall–Kier alpha value is -2.26. The van der Waals surface area contributed by atoms with Crippen LogP contribution in [0.15, 0.2) is 77.1 Å². The van der Waals surface area contributed by atoms with Gasteiger partial charge in [-0.15, -0.1) is 0 Å². The number of benzene rings is 2. The van der Waals surface area contributed by atoms with Crippen molar-refractivity contribution in [3.8, 4) is 0 Å². The number of aryl methyl sites for hydroxylation is 1. The average molecular weight is 309 g/mol. The van der Waals surface area contributed by atoms with Gasteiger partial charge in [-0.05, 0) is 31.5 Å². The average Bonchev–Trinajstić information content (AvgIpc) is 2.52. The van der Waals surface area contributed by atoms with E-state index in [0.717, 1.165) is 16.2 Å². The van der Waals surface area contributed by atoms with Crippen LogP contribution in [0.3, 0.4) is 0 Å². The molecule has 0 heterocycles. The smallest absolute Gasteiger partial charge is 0.250 e. The fraction of sp³-hybridized carbons (Fsp3) is 0.105. The Bertz CT molecular complexity index is 704. The highest BCUT2D eigenvalue weighted by Gasteiger charge is 2.07. The lowest BCUT2D eigenvalue weighted by Gasteiger charge is -2.10. The van der Waals surface area contributed by atoms with Crippen molar-refractivity contribution in [1.29, 1.82) is 0 Å². The molecule has 0 radical (unpaired) electrons. The van der Waals surface area contributed by atoms with E-state index in [1.165, 1.54) is 5.56 Å². The SMILES string of the molecule is C=C(C)C(=O)NC(=CSc1cccc(C)c1)c1ccccc1. The summed E-state index contributed by atoms with van der Waals surface area (Å²) in [6, 6.07) is 18.1. The van der Waals surface area contributed by atoms with Crippen LogP contribution in [0.1, 0.15) is 18.1 Å². The Morgan fingerprint density at radius 2 is 1.86 bits per heavy atom. The first kappa shape index (κ1) is 16.1. The van der Waals surface area contributed by atoms with Crippen LogP contribution in [0.25, 0.3) is 5.70 Å². The summed E-state index contributed by atoms with van der Waals surface area (Å²) in [4.78, 5) is 13.1. The zero-order valence-corrected chi connectivity index (χ0v) is 13.6. The first-order chi connectivity index (χ1) is 10.6. The molecular weight excluding hydrogens is 290 g/mol. The van der Waals surface area contributed by atoms with E-state index < -0.39 is 0 Å². The minimum absolute atomic E-state index is 0.167. The van der Waals surface area contributed by atoms with Crippen LogP contribution in [-0.4, -0.2) is 5.91 Å². The van der Waals surface area contributed by atoms with E-state index in [4.69, 9.17) is 0 Å². The number of carbonyl (C=O) groups is 1. The molecule has 2 nitrogen and oxygen atoms in total. The molecule has 0 aliphatic rings. The second-order valence-electron chi connectivity index (χ2n) is 5.07. The van der Waals surface area contributed by atoms with Gasteiger partial charge < -0.3 is 5.32 Å². The predicted molar refractivity (Wildman–Crippen MR) is 94.4 cm³/mol. The molecule has 22 heavy (non-hydrogen) atoms. The van der Waals surface area contributed by atoms with Gasteiger partial charge in [0.25, 0.3) is 5.91 Å². The van der Waals surface area contributed by atoms with E-state index in [9.17, 15) is 4.79 Å². The van der Waals surface area contributed by atoms with Gasteiger partial charge in [-0.3, -0.25) is 4.79 Å². The van der Waals surface area contributed by atoms with Crippen LogP contribution in [0, 0.1) is 6.92 Å². The lowest BCUT2D eigenvalue weighted by Crippen LogP contribution is -2.22. The number of thioether (sulfide) groups is 1. The number of amides is 1. The molecular formula is C19H19NOS. The molecule has 2 aromatic carbocycles. The Morgan fingerprint density at radius 1 is 1.14 bits per heavy atom. The zero-order valence-electron chi connectivity index (χ0n) is 12.8. The summed E-state index contributed by atoms with van der Waals surface area (Å²) in [6.07, 6.45) is 0. The van der Waals surface area contributed by atoms with Gasteiger partial charge in [0, 0.05) is 15.9 Å². The van der Waals surface area contributed by atoms with Crippen molar-refractivity contribution >= 4 is 23.4 Å². The lowest BCUT2D eigenvalue weighted by molar-refractivity contribution is -0.116. The van der Waals surface area contributed by atoms with E-state index >= 15 is 0 Å². The molecule has 1 N–H and O–H groups in total. The van der Waals surface area contributed by atoms with E-state index in [1.807, 2.05) is 41.8 Å². The maximum Gasteiger partial charge on any atom is 0.250 e. The molecule has 0 atom stereocenters. The monoisotopic (exact) mass is 309 g/mol. The van der Waals surface area contributed by atoms with Crippen LogP contribution in [0.2, 0.25) is 0 Å². The largest absolute Gasteiger partial charge is 0.321 e. The molecule has 2 rings (SSSR count). The first-order valence-electron chi connectivity index (χ1n) is 7.02. The summed E-state index contributed by atoms with van der Waals surface area (Å²) in [5.41, 5.74) is 3.45. The molecule has 0 saturated heterocycles. The second kappa shape index (κ2) is 7.66. The van der Waals surface area contributed by atoms with Crippen LogP contribution >= 0.6 is 11.8 Å². The summed E-state index contributed by atoms with van der Waals surface area (Å²) in [6.45, 7) is 7.45. The van der Waals surface area contributed by atoms with Gasteiger partial charge in [0.15, 0.2) is 0 Å². The molecule has 0 aliphatic carbocycles. The summed E-state index contributed by atoms with van der Waals surface area (Å²) in [5, 5.41) is 4.88. The van der Waals surface area contributed by atoms with Crippen molar-refractivity contribution in [2.45, 2.75) is 18.7 Å². The topological polar surface area (TPSA) is 29.1 Å². The molecule has 2 aromatic rings. The number of rotatable bonds is 5. The Kier molecular flexibility index (Phi) is 5.61. The van der Waals surface area contributed by atoms with Gasteiger partial charge in [0.05, 0.1) is 5.70 Å². The molecule has 0 saturated carbocycles. The number of hydrogen-bond donors (Lipinski definition) is 1. The Morgan fingerprint density at radius 3 is 2.50 bits per heavy atom. The van der Waals surface area contributed by atoms with Crippen LogP contribution in [-0.2, 0) is 4.79 Å². The molecule has 0 unspecified atom stereocenters. The van der Waals surface area contributed by atoms with E-state index in [0.29, 0.717) is 5.57 Å². The van der Waals surface area contributed by atoms with Crippen molar-refractivity contribution in [3.05, 3.63) is 83.3 Å². The third kappa shape index (κ3) is 4.64. The fourth-order valence-corrected chi connectivity index (χ4v) is 2.69. The van der Waals surface area contributed by atoms with Gasteiger partial charge >= 0.3 is 0 Å². The van der Waals surface area contributed by atoms with Crippen LogP contribution in [0.5, 0.6) is 0 Å². The number of nitrogens with one attached hydrogen (secondary N) is 1. The minimum atomic E-state index is -0.167. The highest BCUT2D eigenvalue weighted by Crippen LogP contribution is 2.24. The van der Waals surface area contributed by atoms with Gasteiger partial charge in [-0.2, -0.15) is 0 Å². The zero-order chi connectivity index (χ0) is 15.9. The molecule has 0 spiro atoms. The molecule has 0 aliphatic heterocycles. The van der Waals surface area contributed by atoms with Crippen molar-refractivity contribution < 1.29 is 4.79 Å². The normalized spacial score (nSPS) is 11.1. The summed E-state index contributed by atoms with van der Waals surface area (Å²) >= 11 is 1.58. The van der Waals surface area contributed by atoms with Crippen LogP contribution < -0.4 is 5.32 Å². The van der Waals surface area contributed by atoms with Gasteiger partial charge in [0.1, 0.15) is 0 Å². The van der Waals surface area contributed by atoms with Crippen molar-refractivity contribution in [2.75, 3.05) is 0 Å². The lowest BCUT2D eigenvalue weighted by atomic mass is 10.1. The maximum atomic E-state index is 11.9.